The van der Waals surface area contributed by atoms with E-state index in [1.165, 1.54) is 6.07 Å². The Kier molecular flexibility index (Phi) is 12.0. The number of hydrogen-bond donors (Lipinski definition) is 0. The average Bonchev–Trinajstić information content (AvgIpc) is 3.39. The van der Waals surface area contributed by atoms with Crippen molar-refractivity contribution in [2.45, 2.75) is 12.4 Å². The highest BCUT2D eigenvalue weighted by molar-refractivity contribution is 7.88. The molecule has 0 spiro atoms. The second-order valence-electron chi connectivity index (χ2n) is 16.4. The summed E-state index contributed by atoms with van der Waals surface area (Å²) >= 11 is 0. The molecular formula is C59H40F3N3O3S. The van der Waals surface area contributed by atoms with Crippen LogP contribution < -0.4 is 4.18 Å². The number of pyridine rings is 3. The van der Waals surface area contributed by atoms with Gasteiger partial charge in [0.15, 0.2) is 5.75 Å². The topological polar surface area (TPSA) is 82.0 Å². The van der Waals surface area contributed by atoms with Crippen LogP contribution >= 0.6 is 0 Å². The van der Waals surface area contributed by atoms with Gasteiger partial charge in [0, 0.05) is 40.8 Å². The quantitative estimate of drug-likeness (QED) is 0.0949. The third-order valence-electron chi connectivity index (χ3n) is 11.9. The zero-order valence-corrected chi connectivity index (χ0v) is 37.8. The van der Waals surface area contributed by atoms with E-state index in [1.54, 1.807) is 48.9 Å². The number of benzene rings is 7. The van der Waals surface area contributed by atoms with Gasteiger partial charge in [0.2, 0.25) is 0 Å². The van der Waals surface area contributed by atoms with Gasteiger partial charge < -0.3 is 4.18 Å². The van der Waals surface area contributed by atoms with E-state index in [9.17, 15) is 21.6 Å². The van der Waals surface area contributed by atoms with Crippen LogP contribution in [0.1, 0.15) is 5.56 Å². The number of alkyl halides is 3. The Morgan fingerprint density at radius 3 is 1.19 bits per heavy atom. The first-order valence-electron chi connectivity index (χ1n) is 22.0. The molecular weight excluding hydrogens is 888 g/mol. The summed E-state index contributed by atoms with van der Waals surface area (Å²) in [6, 6.07) is 66.1. The molecule has 3 aromatic heterocycles. The smallest absolute Gasteiger partial charge is 0.375 e. The fourth-order valence-corrected chi connectivity index (χ4v) is 8.99. The van der Waals surface area contributed by atoms with Crippen molar-refractivity contribution in [3.63, 3.8) is 0 Å². The summed E-state index contributed by atoms with van der Waals surface area (Å²) in [4.78, 5) is 13.5. The largest absolute Gasteiger partial charge is 0.534 e. The van der Waals surface area contributed by atoms with E-state index in [1.807, 2.05) is 85.8 Å². The van der Waals surface area contributed by atoms with Crippen LogP contribution in [-0.4, -0.2) is 28.9 Å². The van der Waals surface area contributed by atoms with E-state index >= 15 is 0 Å². The van der Waals surface area contributed by atoms with Gasteiger partial charge in [-0.15, -0.1) is 0 Å². The molecule has 336 valence electrons. The summed E-state index contributed by atoms with van der Waals surface area (Å²) in [6.45, 7) is 1.86. The molecule has 0 N–H and O–H groups in total. The van der Waals surface area contributed by atoms with Gasteiger partial charge in [-0.1, -0.05) is 146 Å². The lowest BCUT2D eigenvalue weighted by molar-refractivity contribution is -0.0499. The average molecular weight is 928 g/mol. The molecule has 0 saturated carbocycles. The molecule has 0 aliphatic carbocycles. The van der Waals surface area contributed by atoms with Gasteiger partial charge in [0.25, 0.3) is 0 Å². The van der Waals surface area contributed by atoms with E-state index in [0.29, 0.717) is 22.4 Å². The van der Waals surface area contributed by atoms with Gasteiger partial charge in [0.05, 0.1) is 17.1 Å². The van der Waals surface area contributed by atoms with Crippen LogP contribution in [-0.2, 0) is 10.1 Å². The molecule has 0 saturated heterocycles. The van der Waals surface area contributed by atoms with Crippen LogP contribution in [0.5, 0.6) is 5.75 Å². The lowest BCUT2D eigenvalue weighted by Gasteiger charge is -2.19. The molecule has 0 unspecified atom stereocenters. The van der Waals surface area contributed by atoms with Crippen molar-refractivity contribution in [3.05, 3.63) is 230 Å². The van der Waals surface area contributed by atoms with Crippen molar-refractivity contribution in [2.24, 2.45) is 0 Å². The van der Waals surface area contributed by atoms with E-state index < -0.39 is 21.4 Å². The van der Waals surface area contributed by atoms with Gasteiger partial charge in [-0.05, 0) is 134 Å². The van der Waals surface area contributed by atoms with E-state index in [4.69, 9.17) is 4.18 Å². The minimum absolute atomic E-state index is 0.142. The SMILES string of the molecule is Cc1ccc(-c2ccc(-c3ccccc3-c3cc(-c4ccccc4-c4ccc(-c5ccccn5)cc4)cc(-c4ccccc4-c4ccc(-c5ccccn5)cc4)c3)c(OS(=O)(=O)C(F)(F)F)c2)nc1. The molecule has 10 aromatic rings. The third-order valence-corrected chi connectivity index (χ3v) is 12.9. The highest BCUT2D eigenvalue weighted by Gasteiger charge is 2.49. The van der Waals surface area contributed by atoms with Crippen LogP contribution in [0.15, 0.2) is 225 Å². The van der Waals surface area contributed by atoms with Crippen molar-refractivity contribution in [2.75, 3.05) is 0 Å². The number of halogens is 3. The molecule has 0 aliphatic heterocycles. The summed E-state index contributed by atoms with van der Waals surface area (Å²) in [5.74, 6) is -0.491. The summed E-state index contributed by atoms with van der Waals surface area (Å²) in [5.41, 5.74) is 9.23. The molecule has 0 radical (unpaired) electrons. The first-order chi connectivity index (χ1) is 33.5. The summed E-state index contributed by atoms with van der Waals surface area (Å²) in [6.07, 6.45) is 5.17. The third kappa shape index (κ3) is 9.30. The number of aromatic nitrogens is 3. The van der Waals surface area contributed by atoms with E-state index in [-0.39, 0.29) is 5.56 Å². The second-order valence-corrected chi connectivity index (χ2v) is 18.0. The lowest BCUT2D eigenvalue weighted by Crippen LogP contribution is -2.28. The molecule has 7 aromatic carbocycles. The maximum atomic E-state index is 14.1. The Labute approximate surface area is 398 Å². The summed E-state index contributed by atoms with van der Waals surface area (Å²) < 4.78 is 72.7. The lowest BCUT2D eigenvalue weighted by atomic mass is 9.86. The molecule has 0 aliphatic rings. The summed E-state index contributed by atoms with van der Waals surface area (Å²) in [5, 5.41) is 0. The van der Waals surface area contributed by atoms with E-state index in [0.717, 1.165) is 78.1 Å². The fraction of sp³-hybridized carbons (Fsp3) is 0.0339. The zero-order valence-electron chi connectivity index (χ0n) is 37.0. The predicted molar refractivity (Wildman–Crippen MR) is 269 cm³/mol. The maximum absolute atomic E-state index is 14.1. The monoisotopic (exact) mass is 927 g/mol. The Balaban J connectivity index is 1.16. The van der Waals surface area contributed by atoms with Gasteiger partial charge in [-0.3, -0.25) is 15.0 Å². The Bertz CT molecular complexity index is 3420. The second kappa shape index (κ2) is 18.7. The first kappa shape index (κ1) is 44.4. The molecule has 69 heavy (non-hydrogen) atoms. The zero-order chi connectivity index (χ0) is 47.5. The highest BCUT2D eigenvalue weighted by Crippen LogP contribution is 2.45. The van der Waals surface area contributed by atoms with Crippen LogP contribution in [0, 0.1) is 6.92 Å². The number of rotatable bonds is 11. The van der Waals surface area contributed by atoms with Crippen LogP contribution in [0.2, 0.25) is 0 Å². The van der Waals surface area contributed by atoms with Crippen LogP contribution in [0.4, 0.5) is 13.2 Å². The Morgan fingerprint density at radius 1 is 0.377 bits per heavy atom. The number of nitrogens with zero attached hydrogens (tertiary/aromatic N) is 3. The minimum atomic E-state index is -6.08. The van der Waals surface area contributed by atoms with Crippen molar-refractivity contribution < 1.29 is 25.8 Å². The van der Waals surface area contributed by atoms with Crippen molar-refractivity contribution in [3.8, 4) is 106 Å². The van der Waals surface area contributed by atoms with Gasteiger partial charge in [-0.25, -0.2) is 0 Å². The van der Waals surface area contributed by atoms with Crippen molar-refractivity contribution in [1.29, 1.82) is 0 Å². The number of hydrogen-bond acceptors (Lipinski definition) is 6. The predicted octanol–water partition coefficient (Wildman–Crippen LogP) is 15.4. The Morgan fingerprint density at radius 2 is 0.768 bits per heavy atom. The Hall–Kier alpha value is -8.47. The van der Waals surface area contributed by atoms with Crippen LogP contribution in [0.25, 0.3) is 101 Å². The maximum Gasteiger partial charge on any atom is 0.534 e. The standard InChI is InChI=1S/C59H40F3N3O3S/c1-39-20-31-57(65-38-39)44-29-30-54(58(37-44)68-69(66,67)59(60,61)62)53-17-7-6-16-52(53)47-35-45(50-14-4-2-12-48(50)40-21-25-42(26-22-40)55-18-8-10-32-63-55)34-46(36-47)51-15-5-3-13-49(51)41-23-27-43(28-24-41)56-19-9-11-33-64-56/h2-38H,1H3. The molecule has 10 heteroatoms. The molecule has 3 heterocycles. The number of aryl methyl sites for hydroxylation is 1. The van der Waals surface area contributed by atoms with Crippen LogP contribution in [0.3, 0.4) is 0 Å². The fourth-order valence-electron chi connectivity index (χ4n) is 8.52. The van der Waals surface area contributed by atoms with E-state index in [2.05, 4.69) is 106 Å². The molecule has 0 bridgehead atoms. The van der Waals surface area contributed by atoms with Crippen molar-refractivity contribution in [1.82, 2.24) is 15.0 Å². The highest BCUT2D eigenvalue weighted by atomic mass is 32.2. The van der Waals surface area contributed by atoms with Gasteiger partial charge in [-0.2, -0.15) is 21.6 Å². The summed E-state index contributed by atoms with van der Waals surface area (Å²) in [7, 11) is -6.08. The van der Waals surface area contributed by atoms with Gasteiger partial charge in [0.1, 0.15) is 0 Å². The van der Waals surface area contributed by atoms with Gasteiger partial charge >= 0.3 is 15.6 Å². The minimum Gasteiger partial charge on any atom is -0.375 e. The normalized spacial score (nSPS) is 11.6. The molecule has 0 amide bonds. The molecule has 0 atom stereocenters. The first-order valence-corrected chi connectivity index (χ1v) is 23.5. The molecule has 0 fully saturated rings. The molecule has 10 rings (SSSR count). The van der Waals surface area contributed by atoms with Crippen molar-refractivity contribution >= 4 is 10.1 Å². The molecule has 6 nitrogen and oxygen atoms in total.